The lowest BCUT2D eigenvalue weighted by Gasteiger charge is -2.29. The van der Waals surface area contributed by atoms with Crippen molar-refractivity contribution in [1.29, 1.82) is 15.8 Å². The van der Waals surface area contributed by atoms with Crippen molar-refractivity contribution in [2.75, 3.05) is 0 Å². The quantitative estimate of drug-likeness (QED) is 0.677. The Bertz CT molecular complexity index is 565. The van der Waals surface area contributed by atoms with Crippen LogP contribution in [-0.2, 0) is 0 Å². The van der Waals surface area contributed by atoms with E-state index in [0.717, 1.165) is 0 Å². The molecule has 1 heterocycles. The zero-order valence-corrected chi connectivity index (χ0v) is 12.1. The number of hydrogen-bond donors (Lipinski definition) is 0. The molecule has 0 aliphatic rings. The van der Waals surface area contributed by atoms with Gasteiger partial charge in [-0.1, -0.05) is 0 Å². The Balaban J connectivity index is 3.12. The first-order chi connectivity index (χ1) is 10.1. The van der Waals surface area contributed by atoms with Gasteiger partial charge in [0.05, 0.1) is 18.2 Å². The number of carbonyl (C=O) groups is 1. The first kappa shape index (κ1) is 16.5. The highest BCUT2D eigenvalue weighted by molar-refractivity contribution is 5.98. The topological polar surface area (TPSA) is 102 Å². The van der Waals surface area contributed by atoms with Gasteiger partial charge in [-0.2, -0.15) is 15.8 Å². The van der Waals surface area contributed by atoms with E-state index < -0.39 is 5.41 Å². The molecule has 1 aromatic rings. The second-order valence-electron chi connectivity index (χ2n) is 4.99. The molecule has 0 fully saturated rings. The average Bonchev–Trinajstić information content (AvgIpc) is 2.93. The SMILES string of the molecule is Cc1ccc(C(=O)C(CCC#N)(CCC#N)CCC#N)o1. The molecular weight excluding hydrogens is 266 g/mol. The molecule has 0 aromatic carbocycles. The van der Waals surface area contributed by atoms with E-state index in [1.807, 2.05) is 18.2 Å². The summed E-state index contributed by atoms with van der Waals surface area (Å²) in [4.78, 5) is 12.8. The van der Waals surface area contributed by atoms with Crippen LogP contribution in [0.3, 0.4) is 0 Å². The predicted molar refractivity (Wildman–Crippen MR) is 74.7 cm³/mol. The fourth-order valence-electron chi connectivity index (χ4n) is 2.42. The van der Waals surface area contributed by atoms with Gasteiger partial charge in [-0.05, 0) is 38.3 Å². The zero-order chi connectivity index (χ0) is 15.7. The third-order valence-corrected chi connectivity index (χ3v) is 3.59. The smallest absolute Gasteiger partial charge is 0.204 e. The Morgan fingerprint density at radius 1 is 1.05 bits per heavy atom. The minimum atomic E-state index is -0.870. The summed E-state index contributed by atoms with van der Waals surface area (Å²) in [6.07, 6.45) is 1.65. The summed E-state index contributed by atoms with van der Waals surface area (Å²) in [6, 6.07) is 9.43. The van der Waals surface area contributed by atoms with Crippen LogP contribution in [0.2, 0.25) is 0 Å². The van der Waals surface area contributed by atoms with Crippen molar-refractivity contribution in [3.63, 3.8) is 0 Å². The fraction of sp³-hybridized carbons (Fsp3) is 0.500. The van der Waals surface area contributed by atoms with Gasteiger partial charge in [-0.15, -0.1) is 0 Å². The molecule has 0 radical (unpaired) electrons. The molecule has 0 aliphatic heterocycles. The van der Waals surface area contributed by atoms with Crippen LogP contribution in [-0.4, -0.2) is 5.78 Å². The van der Waals surface area contributed by atoms with E-state index in [-0.39, 0.29) is 30.8 Å². The van der Waals surface area contributed by atoms with Crippen molar-refractivity contribution in [2.24, 2.45) is 5.41 Å². The van der Waals surface area contributed by atoms with E-state index in [4.69, 9.17) is 20.2 Å². The maximum Gasteiger partial charge on any atom is 0.204 e. The van der Waals surface area contributed by atoms with E-state index in [1.165, 1.54) is 0 Å². The van der Waals surface area contributed by atoms with Gasteiger partial charge in [0.25, 0.3) is 0 Å². The summed E-state index contributed by atoms with van der Waals surface area (Å²) >= 11 is 0. The normalized spacial score (nSPS) is 10.4. The molecule has 1 aromatic heterocycles. The van der Waals surface area contributed by atoms with Crippen LogP contribution in [0.5, 0.6) is 0 Å². The maximum absolute atomic E-state index is 12.8. The number of nitrogens with zero attached hydrogens (tertiary/aromatic N) is 3. The third-order valence-electron chi connectivity index (χ3n) is 3.59. The van der Waals surface area contributed by atoms with Crippen LogP contribution < -0.4 is 0 Å². The molecule has 0 aliphatic carbocycles. The minimum absolute atomic E-state index is 0.211. The van der Waals surface area contributed by atoms with Crippen LogP contribution in [0.1, 0.15) is 54.8 Å². The molecule has 0 saturated heterocycles. The molecule has 0 unspecified atom stereocenters. The molecule has 5 heteroatoms. The average molecular weight is 283 g/mol. The lowest BCUT2D eigenvalue weighted by Crippen LogP contribution is -2.31. The highest BCUT2D eigenvalue weighted by atomic mass is 16.3. The van der Waals surface area contributed by atoms with Crippen LogP contribution >= 0.6 is 0 Å². The predicted octanol–water partition coefficient (Wildman–Crippen LogP) is 3.67. The molecule has 0 saturated carbocycles. The van der Waals surface area contributed by atoms with E-state index in [2.05, 4.69) is 0 Å². The molecule has 1 rings (SSSR count). The van der Waals surface area contributed by atoms with E-state index >= 15 is 0 Å². The Kier molecular flexibility index (Phi) is 6.18. The van der Waals surface area contributed by atoms with Crippen molar-refractivity contribution in [2.45, 2.75) is 45.4 Å². The number of Topliss-reactive ketones (excluding diaryl/α,β-unsaturated/α-hetero) is 1. The molecule has 5 nitrogen and oxygen atoms in total. The number of ketones is 1. The minimum Gasteiger partial charge on any atom is -0.458 e. The molecular formula is C16H17N3O2. The maximum atomic E-state index is 12.8. The van der Waals surface area contributed by atoms with Crippen LogP contribution in [0.25, 0.3) is 0 Å². The number of hydrogen-bond acceptors (Lipinski definition) is 5. The van der Waals surface area contributed by atoms with Gasteiger partial charge in [-0.25, -0.2) is 0 Å². The summed E-state index contributed by atoms with van der Waals surface area (Å²) in [5.41, 5.74) is -0.870. The molecule has 0 spiro atoms. The summed E-state index contributed by atoms with van der Waals surface area (Å²) < 4.78 is 5.39. The second kappa shape index (κ2) is 7.88. The van der Waals surface area contributed by atoms with E-state index in [1.54, 1.807) is 19.1 Å². The fourth-order valence-corrected chi connectivity index (χ4v) is 2.42. The first-order valence-electron chi connectivity index (χ1n) is 6.82. The first-order valence-corrected chi connectivity index (χ1v) is 6.82. The molecule has 0 N–H and O–H groups in total. The van der Waals surface area contributed by atoms with Crippen molar-refractivity contribution < 1.29 is 9.21 Å². The lowest BCUT2D eigenvalue weighted by atomic mass is 9.71. The van der Waals surface area contributed by atoms with E-state index in [9.17, 15) is 4.79 Å². The van der Waals surface area contributed by atoms with Crippen LogP contribution in [0.4, 0.5) is 0 Å². The highest BCUT2D eigenvalue weighted by Crippen LogP contribution is 2.38. The Morgan fingerprint density at radius 2 is 1.52 bits per heavy atom. The van der Waals surface area contributed by atoms with Gasteiger partial charge in [0, 0.05) is 24.7 Å². The van der Waals surface area contributed by atoms with Crippen LogP contribution in [0, 0.1) is 46.3 Å². The van der Waals surface area contributed by atoms with Crippen molar-refractivity contribution in [1.82, 2.24) is 0 Å². The molecule has 108 valence electrons. The Labute approximate surface area is 124 Å². The summed E-state index contributed by atoms with van der Waals surface area (Å²) in [5, 5.41) is 26.5. The third kappa shape index (κ3) is 4.20. The monoisotopic (exact) mass is 283 g/mol. The molecule has 21 heavy (non-hydrogen) atoms. The summed E-state index contributed by atoms with van der Waals surface area (Å²) in [6.45, 7) is 1.75. The molecule has 0 atom stereocenters. The number of rotatable bonds is 8. The number of nitriles is 3. The van der Waals surface area contributed by atoms with E-state index in [0.29, 0.717) is 25.0 Å². The van der Waals surface area contributed by atoms with Gasteiger partial charge in [0.1, 0.15) is 5.76 Å². The van der Waals surface area contributed by atoms with Crippen molar-refractivity contribution in [3.8, 4) is 18.2 Å². The van der Waals surface area contributed by atoms with Gasteiger partial charge < -0.3 is 4.42 Å². The van der Waals surface area contributed by atoms with Gasteiger partial charge in [0.2, 0.25) is 5.78 Å². The number of aryl methyl sites for hydroxylation is 1. The largest absolute Gasteiger partial charge is 0.458 e. The lowest BCUT2D eigenvalue weighted by molar-refractivity contribution is 0.0713. The van der Waals surface area contributed by atoms with Gasteiger partial charge in [-0.3, -0.25) is 4.79 Å². The van der Waals surface area contributed by atoms with Crippen molar-refractivity contribution >= 4 is 5.78 Å². The zero-order valence-electron chi connectivity index (χ0n) is 12.1. The second-order valence-corrected chi connectivity index (χ2v) is 4.99. The summed E-state index contributed by atoms with van der Waals surface area (Å²) in [7, 11) is 0. The standard InChI is InChI=1S/C16H17N3O2/c1-13-5-6-14(21-13)15(20)16(7-2-10-17,8-3-11-18)9-4-12-19/h5-6H,2-4,7-9H2,1H3. The number of carbonyl (C=O) groups excluding carboxylic acids is 1. The highest BCUT2D eigenvalue weighted by Gasteiger charge is 2.39. The summed E-state index contributed by atoms with van der Waals surface area (Å²) in [5.74, 6) is 0.658. The molecule has 0 amide bonds. The Morgan fingerprint density at radius 3 is 1.86 bits per heavy atom. The van der Waals surface area contributed by atoms with Gasteiger partial charge >= 0.3 is 0 Å². The Hall–Kier alpha value is -2.58. The van der Waals surface area contributed by atoms with Gasteiger partial charge in [0.15, 0.2) is 5.76 Å². The van der Waals surface area contributed by atoms with Crippen molar-refractivity contribution in [3.05, 3.63) is 23.7 Å². The molecule has 0 bridgehead atoms. The number of furan rings is 1. The van der Waals surface area contributed by atoms with Crippen LogP contribution in [0.15, 0.2) is 16.5 Å².